The molecule has 21 heavy (non-hydrogen) atoms. The monoisotopic (exact) mass is 296 g/mol. The molecule has 0 heterocycles. The number of nitrogens with zero attached hydrogens (tertiary/aromatic N) is 2. The fourth-order valence-corrected chi connectivity index (χ4v) is 2.22. The van der Waals surface area contributed by atoms with E-state index in [9.17, 15) is 14.3 Å². The predicted molar refractivity (Wildman–Crippen MR) is 82.0 cm³/mol. The van der Waals surface area contributed by atoms with E-state index in [2.05, 4.69) is 23.6 Å². The Labute approximate surface area is 126 Å². The number of likely N-dealkylation sites (N-methyl/N-ethyl adjacent to an activating group) is 1. The molecule has 0 saturated heterocycles. The lowest BCUT2D eigenvalue weighted by Gasteiger charge is -2.26. The third kappa shape index (κ3) is 6.23. The van der Waals surface area contributed by atoms with Crippen LogP contribution in [0.4, 0.5) is 4.39 Å². The summed E-state index contributed by atoms with van der Waals surface area (Å²) in [5.74, 6) is -1.11. The van der Waals surface area contributed by atoms with Crippen LogP contribution in [-0.2, 0) is 6.54 Å². The van der Waals surface area contributed by atoms with Crippen molar-refractivity contribution in [2.24, 2.45) is 5.92 Å². The van der Waals surface area contributed by atoms with Crippen molar-refractivity contribution in [3.8, 4) is 0 Å². The van der Waals surface area contributed by atoms with Gasteiger partial charge in [-0.2, -0.15) is 0 Å². The van der Waals surface area contributed by atoms with Crippen LogP contribution in [0.1, 0.15) is 29.8 Å². The van der Waals surface area contributed by atoms with Crippen LogP contribution in [0.15, 0.2) is 18.2 Å². The van der Waals surface area contributed by atoms with Gasteiger partial charge in [0.25, 0.3) is 0 Å². The minimum Gasteiger partial charge on any atom is -0.478 e. The highest BCUT2D eigenvalue weighted by atomic mass is 19.1. The zero-order chi connectivity index (χ0) is 16.0. The van der Waals surface area contributed by atoms with Crippen LogP contribution in [0.25, 0.3) is 0 Å². The Bertz CT molecular complexity index is 475. The lowest BCUT2D eigenvalue weighted by molar-refractivity contribution is 0.0693. The van der Waals surface area contributed by atoms with Gasteiger partial charge in [0.2, 0.25) is 0 Å². The molecule has 0 unspecified atom stereocenters. The largest absolute Gasteiger partial charge is 0.478 e. The molecule has 0 bridgehead atoms. The van der Waals surface area contributed by atoms with E-state index >= 15 is 0 Å². The van der Waals surface area contributed by atoms with E-state index in [-0.39, 0.29) is 5.56 Å². The molecule has 118 valence electrons. The van der Waals surface area contributed by atoms with Crippen molar-refractivity contribution in [1.29, 1.82) is 0 Å². The van der Waals surface area contributed by atoms with Gasteiger partial charge >= 0.3 is 5.97 Å². The third-order valence-electron chi connectivity index (χ3n) is 3.18. The van der Waals surface area contributed by atoms with E-state index < -0.39 is 11.8 Å². The minimum absolute atomic E-state index is 0.0496. The number of hydrogen-bond donors (Lipinski definition) is 1. The molecule has 0 radical (unpaired) electrons. The summed E-state index contributed by atoms with van der Waals surface area (Å²) in [6.07, 6.45) is 0. The summed E-state index contributed by atoms with van der Waals surface area (Å²) >= 11 is 0. The van der Waals surface area contributed by atoms with Gasteiger partial charge in [-0.15, -0.1) is 0 Å². The number of aromatic carboxylic acids is 1. The van der Waals surface area contributed by atoms with Gasteiger partial charge in [0.1, 0.15) is 5.82 Å². The second-order valence-corrected chi connectivity index (χ2v) is 6.04. The molecule has 5 heteroatoms. The Morgan fingerprint density at radius 2 is 1.95 bits per heavy atom. The molecule has 0 amide bonds. The molecule has 0 spiro atoms. The quantitative estimate of drug-likeness (QED) is 0.800. The van der Waals surface area contributed by atoms with Crippen LogP contribution in [0.2, 0.25) is 0 Å². The fourth-order valence-electron chi connectivity index (χ4n) is 2.22. The lowest BCUT2D eigenvalue weighted by atomic mass is 10.1. The topological polar surface area (TPSA) is 43.8 Å². The second kappa shape index (κ2) is 8.10. The third-order valence-corrected chi connectivity index (χ3v) is 3.18. The summed E-state index contributed by atoms with van der Waals surface area (Å²) in [6, 6.07) is 3.99. The highest BCUT2D eigenvalue weighted by molar-refractivity contribution is 5.89. The molecule has 0 aliphatic rings. The van der Waals surface area contributed by atoms with Gasteiger partial charge in [-0.3, -0.25) is 4.90 Å². The highest BCUT2D eigenvalue weighted by Crippen LogP contribution is 2.15. The molecule has 1 aromatic rings. The first-order valence-corrected chi connectivity index (χ1v) is 7.18. The molecule has 0 aliphatic heterocycles. The molecule has 1 rings (SSSR count). The summed E-state index contributed by atoms with van der Waals surface area (Å²) in [4.78, 5) is 15.6. The molecule has 0 aliphatic carbocycles. The van der Waals surface area contributed by atoms with Gasteiger partial charge in [-0.1, -0.05) is 19.9 Å². The molecule has 1 N–H and O–H groups in total. The summed E-state index contributed by atoms with van der Waals surface area (Å²) in [7, 11) is 4.02. The minimum atomic E-state index is -1.08. The Kier molecular flexibility index (Phi) is 6.78. The first kappa shape index (κ1) is 17.6. The zero-order valence-electron chi connectivity index (χ0n) is 13.3. The molecule has 0 saturated carbocycles. The highest BCUT2D eigenvalue weighted by Gasteiger charge is 2.15. The fraction of sp³-hybridized carbons (Fsp3) is 0.562. The standard InChI is InChI=1S/C16H25FN2O2/c1-12(2)10-19(8-7-18(3)4)11-13-5-6-14(17)9-15(13)16(20)21/h5-6,9,12H,7-8,10-11H2,1-4H3,(H,20,21). The summed E-state index contributed by atoms with van der Waals surface area (Å²) in [5.41, 5.74) is 0.705. The van der Waals surface area contributed by atoms with Crippen LogP contribution >= 0.6 is 0 Å². The van der Waals surface area contributed by atoms with E-state index in [0.29, 0.717) is 18.0 Å². The Hall–Kier alpha value is -1.46. The maximum Gasteiger partial charge on any atom is 0.336 e. The van der Waals surface area contributed by atoms with E-state index in [1.54, 1.807) is 6.07 Å². The summed E-state index contributed by atoms with van der Waals surface area (Å²) < 4.78 is 13.2. The normalized spacial score (nSPS) is 11.6. The number of halogens is 1. The maximum absolute atomic E-state index is 13.2. The Morgan fingerprint density at radius 1 is 1.29 bits per heavy atom. The maximum atomic E-state index is 13.2. The number of hydrogen-bond acceptors (Lipinski definition) is 3. The van der Waals surface area contributed by atoms with E-state index in [4.69, 9.17) is 0 Å². The number of carboxylic acid groups (broad SMARTS) is 1. The number of rotatable bonds is 8. The molecule has 0 fully saturated rings. The molecule has 1 aromatic carbocycles. The average Bonchev–Trinajstić information content (AvgIpc) is 2.37. The van der Waals surface area contributed by atoms with Gasteiger partial charge in [0, 0.05) is 26.2 Å². The van der Waals surface area contributed by atoms with Crippen molar-refractivity contribution in [1.82, 2.24) is 9.80 Å². The van der Waals surface area contributed by atoms with Crippen LogP contribution in [0, 0.1) is 11.7 Å². The van der Waals surface area contributed by atoms with E-state index in [0.717, 1.165) is 25.7 Å². The van der Waals surface area contributed by atoms with E-state index in [1.165, 1.54) is 6.07 Å². The Balaban J connectivity index is 2.89. The summed E-state index contributed by atoms with van der Waals surface area (Å²) in [6.45, 7) is 7.41. The Morgan fingerprint density at radius 3 is 2.48 bits per heavy atom. The molecular weight excluding hydrogens is 271 g/mol. The average molecular weight is 296 g/mol. The summed E-state index contributed by atoms with van der Waals surface area (Å²) in [5, 5.41) is 9.21. The van der Waals surface area contributed by atoms with Gasteiger partial charge in [-0.25, -0.2) is 9.18 Å². The SMILES string of the molecule is CC(C)CN(CCN(C)C)Cc1ccc(F)cc1C(=O)O. The van der Waals surface area contributed by atoms with Crippen molar-refractivity contribution in [2.75, 3.05) is 33.7 Å². The number of benzene rings is 1. The predicted octanol–water partition coefficient (Wildman–Crippen LogP) is 2.54. The van der Waals surface area contributed by atoms with Gasteiger partial charge in [-0.05, 0) is 37.7 Å². The van der Waals surface area contributed by atoms with Crippen molar-refractivity contribution >= 4 is 5.97 Å². The molecule has 0 atom stereocenters. The molecule has 0 aromatic heterocycles. The van der Waals surface area contributed by atoms with Gasteiger partial charge in [0.05, 0.1) is 5.56 Å². The molecule has 4 nitrogen and oxygen atoms in total. The first-order valence-electron chi connectivity index (χ1n) is 7.18. The van der Waals surface area contributed by atoms with Crippen LogP contribution < -0.4 is 0 Å². The second-order valence-electron chi connectivity index (χ2n) is 6.04. The van der Waals surface area contributed by atoms with Gasteiger partial charge in [0.15, 0.2) is 0 Å². The number of carboxylic acids is 1. The zero-order valence-corrected chi connectivity index (χ0v) is 13.3. The first-order chi connectivity index (χ1) is 9.79. The smallest absolute Gasteiger partial charge is 0.336 e. The molecular formula is C16H25FN2O2. The van der Waals surface area contributed by atoms with Crippen molar-refractivity contribution < 1.29 is 14.3 Å². The van der Waals surface area contributed by atoms with Crippen LogP contribution in [0.5, 0.6) is 0 Å². The van der Waals surface area contributed by atoms with Crippen LogP contribution in [0.3, 0.4) is 0 Å². The lowest BCUT2D eigenvalue weighted by Crippen LogP contribution is -2.34. The van der Waals surface area contributed by atoms with Crippen LogP contribution in [-0.4, -0.2) is 54.6 Å². The van der Waals surface area contributed by atoms with Crippen molar-refractivity contribution in [3.05, 3.63) is 35.1 Å². The van der Waals surface area contributed by atoms with E-state index in [1.807, 2.05) is 14.1 Å². The number of carbonyl (C=O) groups is 1. The van der Waals surface area contributed by atoms with Crippen molar-refractivity contribution in [3.63, 3.8) is 0 Å². The van der Waals surface area contributed by atoms with Crippen molar-refractivity contribution in [2.45, 2.75) is 20.4 Å². The van der Waals surface area contributed by atoms with Gasteiger partial charge < -0.3 is 10.0 Å².